The van der Waals surface area contributed by atoms with Gasteiger partial charge in [0, 0.05) is 16.5 Å². The number of nitrogens with two attached hydrogens (primary N) is 1. The van der Waals surface area contributed by atoms with Crippen LogP contribution in [0.1, 0.15) is 0 Å². The molecule has 3 aromatic carbocycles. The molecule has 0 saturated carbocycles. The highest BCUT2D eigenvalue weighted by atomic mass is 19.1. The van der Waals surface area contributed by atoms with Crippen LogP contribution in [0.15, 0.2) is 78.9 Å². The lowest BCUT2D eigenvalue weighted by molar-refractivity contribution is 0.630. The standard InChI is InChI=1S/C21H15FN2/c22-16-11-12-17-18(13-16)19(14-7-3-1-4-8-14)20(24-21(17)23)15-9-5-2-6-10-15/h1-13H,(H2,23,24). The Morgan fingerprint density at radius 3 is 2.00 bits per heavy atom. The maximum absolute atomic E-state index is 13.9. The van der Waals surface area contributed by atoms with Crippen LogP contribution in [0.2, 0.25) is 0 Å². The lowest BCUT2D eigenvalue weighted by Gasteiger charge is -2.15. The number of benzene rings is 3. The first-order valence-electron chi connectivity index (χ1n) is 7.73. The summed E-state index contributed by atoms with van der Waals surface area (Å²) in [6, 6.07) is 24.4. The van der Waals surface area contributed by atoms with Gasteiger partial charge < -0.3 is 5.73 Å². The second kappa shape index (κ2) is 5.78. The highest BCUT2D eigenvalue weighted by Gasteiger charge is 2.16. The zero-order chi connectivity index (χ0) is 16.5. The van der Waals surface area contributed by atoms with Crippen molar-refractivity contribution in [3.63, 3.8) is 0 Å². The molecule has 2 N–H and O–H groups in total. The summed E-state index contributed by atoms with van der Waals surface area (Å²) >= 11 is 0. The summed E-state index contributed by atoms with van der Waals surface area (Å²) in [6.07, 6.45) is 0. The van der Waals surface area contributed by atoms with E-state index in [1.165, 1.54) is 12.1 Å². The molecule has 116 valence electrons. The van der Waals surface area contributed by atoms with Crippen molar-refractivity contribution in [1.29, 1.82) is 0 Å². The monoisotopic (exact) mass is 314 g/mol. The third kappa shape index (κ3) is 2.40. The van der Waals surface area contributed by atoms with Gasteiger partial charge in [0.1, 0.15) is 11.6 Å². The van der Waals surface area contributed by atoms with Gasteiger partial charge in [-0.3, -0.25) is 0 Å². The van der Waals surface area contributed by atoms with E-state index >= 15 is 0 Å². The van der Waals surface area contributed by atoms with Crippen LogP contribution in [0.5, 0.6) is 0 Å². The van der Waals surface area contributed by atoms with Crippen LogP contribution >= 0.6 is 0 Å². The molecule has 0 amide bonds. The van der Waals surface area contributed by atoms with E-state index in [2.05, 4.69) is 4.98 Å². The minimum atomic E-state index is -0.288. The molecular formula is C21H15FN2. The van der Waals surface area contributed by atoms with Crippen molar-refractivity contribution in [2.75, 3.05) is 5.73 Å². The van der Waals surface area contributed by atoms with Gasteiger partial charge in [0.25, 0.3) is 0 Å². The van der Waals surface area contributed by atoms with Gasteiger partial charge >= 0.3 is 0 Å². The molecule has 0 radical (unpaired) electrons. The van der Waals surface area contributed by atoms with Crippen molar-refractivity contribution in [1.82, 2.24) is 4.98 Å². The van der Waals surface area contributed by atoms with Crippen LogP contribution < -0.4 is 5.73 Å². The number of nitrogen functional groups attached to an aromatic ring is 1. The lowest BCUT2D eigenvalue weighted by Crippen LogP contribution is -1.98. The summed E-state index contributed by atoms with van der Waals surface area (Å²) in [4.78, 5) is 4.63. The van der Waals surface area contributed by atoms with Gasteiger partial charge in [-0.05, 0) is 29.1 Å². The molecule has 0 aliphatic carbocycles. The van der Waals surface area contributed by atoms with Gasteiger partial charge in [0.05, 0.1) is 5.69 Å². The van der Waals surface area contributed by atoms with Crippen molar-refractivity contribution < 1.29 is 4.39 Å². The minimum Gasteiger partial charge on any atom is -0.383 e. The van der Waals surface area contributed by atoms with Crippen molar-refractivity contribution in [3.8, 4) is 22.4 Å². The first-order valence-corrected chi connectivity index (χ1v) is 7.73. The Bertz CT molecular complexity index is 1010. The number of fused-ring (bicyclic) bond motifs is 1. The van der Waals surface area contributed by atoms with E-state index < -0.39 is 0 Å². The number of halogens is 1. The molecule has 4 aromatic rings. The Hall–Kier alpha value is -3.20. The highest BCUT2D eigenvalue weighted by molar-refractivity contribution is 6.06. The molecule has 0 fully saturated rings. The topological polar surface area (TPSA) is 38.9 Å². The Kier molecular flexibility index (Phi) is 3.47. The number of nitrogens with zero attached hydrogens (tertiary/aromatic N) is 1. The smallest absolute Gasteiger partial charge is 0.132 e. The molecule has 3 heteroatoms. The molecule has 1 heterocycles. The van der Waals surface area contributed by atoms with Gasteiger partial charge in [-0.1, -0.05) is 60.7 Å². The van der Waals surface area contributed by atoms with E-state index in [1.807, 2.05) is 60.7 Å². The van der Waals surface area contributed by atoms with E-state index in [0.717, 1.165) is 33.2 Å². The Balaban J connectivity index is 2.16. The normalized spacial score (nSPS) is 10.9. The first kappa shape index (κ1) is 14.4. The summed E-state index contributed by atoms with van der Waals surface area (Å²) in [5.74, 6) is 0.118. The number of hydrogen-bond donors (Lipinski definition) is 1. The maximum atomic E-state index is 13.9. The maximum Gasteiger partial charge on any atom is 0.132 e. The van der Waals surface area contributed by atoms with E-state index in [1.54, 1.807) is 6.07 Å². The minimum absolute atomic E-state index is 0.288. The fourth-order valence-electron chi connectivity index (χ4n) is 3.01. The van der Waals surface area contributed by atoms with Crippen LogP contribution in [0.3, 0.4) is 0 Å². The van der Waals surface area contributed by atoms with Crippen LogP contribution in [0, 0.1) is 5.82 Å². The lowest BCUT2D eigenvalue weighted by atomic mass is 9.94. The average Bonchev–Trinajstić information content (AvgIpc) is 2.63. The second-order valence-electron chi connectivity index (χ2n) is 5.64. The van der Waals surface area contributed by atoms with Crippen molar-refractivity contribution in [2.24, 2.45) is 0 Å². The average molecular weight is 314 g/mol. The summed E-state index contributed by atoms with van der Waals surface area (Å²) in [7, 11) is 0. The first-order chi connectivity index (χ1) is 11.7. The molecule has 0 saturated heterocycles. The zero-order valence-electron chi connectivity index (χ0n) is 12.9. The zero-order valence-corrected chi connectivity index (χ0v) is 12.9. The molecular weight excluding hydrogens is 299 g/mol. The number of rotatable bonds is 2. The van der Waals surface area contributed by atoms with E-state index in [9.17, 15) is 4.39 Å². The highest BCUT2D eigenvalue weighted by Crippen LogP contribution is 2.38. The molecule has 0 aliphatic rings. The van der Waals surface area contributed by atoms with Crippen molar-refractivity contribution >= 4 is 16.6 Å². The quantitative estimate of drug-likeness (QED) is 0.546. The van der Waals surface area contributed by atoms with E-state index in [0.29, 0.717) is 5.82 Å². The summed E-state index contributed by atoms with van der Waals surface area (Å²) in [5.41, 5.74) is 9.75. The number of hydrogen-bond acceptors (Lipinski definition) is 2. The number of aromatic nitrogens is 1. The Labute approximate surface area is 139 Å². The fourth-order valence-corrected chi connectivity index (χ4v) is 3.01. The molecule has 0 spiro atoms. The number of pyridine rings is 1. The molecule has 0 aliphatic heterocycles. The third-order valence-electron chi connectivity index (χ3n) is 4.11. The molecule has 0 atom stereocenters. The van der Waals surface area contributed by atoms with E-state index in [4.69, 9.17) is 5.73 Å². The van der Waals surface area contributed by atoms with Crippen molar-refractivity contribution in [2.45, 2.75) is 0 Å². The summed E-state index contributed by atoms with van der Waals surface area (Å²) in [5, 5.41) is 1.53. The van der Waals surface area contributed by atoms with Crippen LogP contribution in [-0.4, -0.2) is 4.98 Å². The van der Waals surface area contributed by atoms with Gasteiger partial charge in [-0.25, -0.2) is 9.37 Å². The summed E-state index contributed by atoms with van der Waals surface area (Å²) in [6.45, 7) is 0. The molecule has 2 nitrogen and oxygen atoms in total. The van der Waals surface area contributed by atoms with Gasteiger partial charge in [0.2, 0.25) is 0 Å². The van der Waals surface area contributed by atoms with Crippen LogP contribution in [0.25, 0.3) is 33.2 Å². The molecule has 1 aromatic heterocycles. The Morgan fingerprint density at radius 1 is 0.708 bits per heavy atom. The van der Waals surface area contributed by atoms with E-state index in [-0.39, 0.29) is 5.82 Å². The van der Waals surface area contributed by atoms with Crippen molar-refractivity contribution in [3.05, 3.63) is 84.7 Å². The largest absolute Gasteiger partial charge is 0.383 e. The Morgan fingerprint density at radius 2 is 1.33 bits per heavy atom. The second-order valence-corrected chi connectivity index (χ2v) is 5.64. The van der Waals surface area contributed by atoms with Gasteiger partial charge in [-0.15, -0.1) is 0 Å². The predicted octanol–water partition coefficient (Wildman–Crippen LogP) is 5.29. The third-order valence-corrected chi connectivity index (χ3v) is 4.11. The molecule has 24 heavy (non-hydrogen) atoms. The SMILES string of the molecule is Nc1nc(-c2ccccc2)c(-c2ccccc2)c2cc(F)ccc12. The summed E-state index contributed by atoms with van der Waals surface area (Å²) < 4.78 is 13.9. The van der Waals surface area contributed by atoms with Crippen LogP contribution in [-0.2, 0) is 0 Å². The molecule has 0 unspecified atom stereocenters. The van der Waals surface area contributed by atoms with Gasteiger partial charge in [-0.2, -0.15) is 0 Å². The van der Waals surface area contributed by atoms with Crippen LogP contribution in [0.4, 0.5) is 10.2 Å². The fraction of sp³-hybridized carbons (Fsp3) is 0. The molecule has 0 bridgehead atoms. The molecule has 4 rings (SSSR count). The van der Waals surface area contributed by atoms with Gasteiger partial charge in [0.15, 0.2) is 0 Å². The predicted molar refractivity (Wildman–Crippen MR) is 97.0 cm³/mol. The number of anilines is 1.